The Bertz CT molecular complexity index is 461. The first kappa shape index (κ1) is 16.0. The van der Waals surface area contributed by atoms with Crippen LogP contribution in [-0.4, -0.2) is 29.3 Å². The van der Waals surface area contributed by atoms with E-state index in [1.807, 2.05) is 24.3 Å². The SMILES string of the molecule is O=C(O)Cc1ccccc1CNCC1CCCCC1CO. The molecule has 1 aromatic carbocycles. The fraction of sp³-hybridized carbons (Fsp3) is 0.588. The molecule has 0 heterocycles. The molecular weight excluding hydrogens is 266 g/mol. The maximum atomic E-state index is 10.9. The van der Waals surface area contributed by atoms with Crippen LogP contribution in [0.15, 0.2) is 24.3 Å². The maximum absolute atomic E-state index is 10.9. The molecule has 1 saturated carbocycles. The summed E-state index contributed by atoms with van der Waals surface area (Å²) in [5, 5.41) is 21.8. The molecule has 116 valence electrons. The number of carboxylic acid groups (broad SMARTS) is 1. The minimum atomic E-state index is -0.796. The summed E-state index contributed by atoms with van der Waals surface area (Å²) in [6.07, 6.45) is 4.84. The van der Waals surface area contributed by atoms with Gasteiger partial charge in [0.15, 0.2) is 0 Å². The zero-order chi connectivity index (χ0) is 15.1. The molecule has 1 fully saturated rings. The Hall–Kier alpha value is -1.39. The van der Waals surface area contributed by atoms with E-state index >= 15 is 0 Å². The lowest BCUT2D eigenvalue weighted by Gasteiger charge is -2.30. The average molecular weight is 291 g/mol. The lowest BCUT2D eigenvalue weighted by atomic mass is 9.79. The van der Waals surface area contributed by atoms with Gasteiger partial charge in [0.2, 0.25) is 0 Å². The Morgan fingerprint density at radius 2 is 1.81 bits per heavy atom. The van der Waals surface area contributed by atoms with Crippen LogP contribution in [0.5, 0.6) is 0 Å². The highest BCUT2D eigenvalue weighted by molar-refractivity contribution is 5.70. The van der Waals surface area contributed by atoms with Gasteiger partial charge < -0.3 is 15.5 Å². The number of aliphatic hydroxyl groups is 1. The molecule has 2 rings (SSSR count). The monoisotopic (exact) mass is 291 g/mol. The largest absolute Gasteiger partial charge is 0.481 e. The molecule has 0 bridgehead atoms. The second-order valence-electron chi connectivity index (χ2n) is 5.96. The number of carbonyl (C=O) groups is 1. The van der Waals surface area contributed by atoms with Crippen molar-refractivity contribution < 1.29 is 15.0 Å². The van der Waals surface area contributed by atoms with Gasteiger partial charge in [0, 0.05) is 13.2 Å². The molecule has 1 aliphatic rings. The number of aliphatic carboxylic acids is 1. The zero-order valence-corrected chi connectivity index (χ0v) is 12.4. The standard InChI is InChI=1S/C17H25NO3/c19-12-16-8-4-3-7-15(16)11-18-10-14-6-2-1-5-13(14)9-17(20)21/h1-2,5-6,15-16,18-19H,3-4,7-12H2,(H,20,21). The molecular formula is C17H25NO3. The first-order chi connectivity index (χ1) is 10.2. The molecule has 21 heavy (non-hydrogen) atoms. The van der Waals surface area contributed by atoms with Gasteiger partial charge in [0.25, 0.3) is 0 Å². The second-order valence-corrected chi connectivity index (χ2v) is 5.96. The summed E-state index contributed by atoms with van der Waals surface area (Å²) in [5.74, 6) is 0.158. The number of carboxylic acids is 1. The molecule has 0 spiro atoms. The molecule has 4 heteroatoms. The molecule has 0 saturated heterocycles. The Kier molecular flexibility index (Phi) is 6.21. The highest BCUT2D eigenvalue weighted by Crippen LogP contribution is 2.29. The van der Waals surface area contributed by atoms with Gasteiger partial charge in [-0.15, -0.1) is 0 Å². The predicted octanol–water partition coefficient (Wildman–Crippen LogP) is 2.20. The Morgan fingerprint density at radius 1 is 1.14 bits per heavy atom. The van der Waals surface area contributed by atoms with Gasteiger partial charge in [-0.3, -0.25) is 4.79 Å². The van der Waals surface area contributed by atoms with Gasteiger partial charge in [-0.05, 0) is 42.3 Å². The van der Waals surface area contributed by atoms with Crippen molar-refractivity contribution in [3.8, 4) is 0 Å². The molecule has 0 amide bonds. The predicted molar refractivity (Wildman–Crippen MR) is 82.0 cm³/mol. The molecule has 0 aliphatic heterocycles. The third-order valence-electron chi connectivity index (χ3n) is 4.48. The fourth-order valence-electron chi connectivity index (χ4n) is 3.25. The van der Waals surface area contributed by atoms with E-state index in [0.29, 0.717) is 18.4 Å². The van der Waals surface area contributed by atoms with Crippen molar-refractivity contribution in [3.63, 3.8) is 0 Å². The summed E-state index contributed by atoms with van der Waals surface area (Å²) in [6.45, 7) is 1.87. The van der Waals surface area contributed by atoms with Gasteiger partial charge in [0.1, 0.15) is 0 Å². The van der Waals surface area contributed by atoms with Crippen LogP contribution in [0, 0.1) is 11.8 Å². The Balaban J connectivity index is 1.86. The van der Waals surface area contributed by atoms with Gasteiger partial charge in [-0.2, -0.15) is 0 Å². The van der Waals surface area contributed by atoms with Crippen molar-refractivity contribution in [1.82, 2.24) is 5.32 Å². The van der Waals surface area contributed by atoms with Gasteiger partial charge in [-0.1, -0.05) is 37.1 Å². The van der Waals surface area contributed by atoms with E-state index in [1.54, 1.807) is 0 Å². The maximum Gasteiger partial charge on any atom is 0.307 e. The van der Waals surface area contributed by atoms with Gasteiger partial charge in [-0.25, -0.2) is 0 Å². The smallest absolute Gasteiger partial charge is 0.307 e. The molecule has 1 aromatic rings. The first-order valence-corrected chi connectivity index (χ1v) is 7.81. The minimum absolute atomic E-state index is 0.0700. The van der Waals surface area contributed by atoms with E-state index in [2.05, 4.69) is 5.32 Å². The molecule has 4 nitrogen and oxygen atoms in total. The zero-order valence-electron chi connectivity index (χ0n) is 12.4. The molecule has 0 radical (unpaired) electrons. The van der Waals surface area contributed by atoms with Gasteiger partial charge >= 0.3 is 5.97 Å². The lowest BCUT2D eigenvalue weighted by Crippen LogP contribution is -2.32. The fourth-order valence-corrected chi connectivity index (χ4v) is 3.25. The van der Waals surface area contributed by atoms with E-state index < -0.39 is 5.97 Å². The minimum Gasteiger partial charge on any atom is -0.481 e. The number of hydrogen-bond donors (Lipinski definition) is 3. The molecule has 3 N–H and O–H groups in total. The molecule has 2 unspecified atom stereocenters. The van der Waals surface area contributed by atoms with Crippen LogP contribution in [0.3, 0.4) is 0 Å². The van der Waals surface area contributed by atoms with Crippen LogP contribution in [0.1, 0.15) is 36.8 Å². The van der Waals surface area contributed by atoms with Crippen LogP contribution in [0.2, 0.25) is 0 Å². The quantitative estimate of drug-likeness (QED) is 0.720. The van der Waals surface area contributed by atoms with Crippen molar-refractivity contribution in [1.29, 1.82) is 0 Å². The molecule has 2 atom stereocenters. The summed E-state index contributed by atoms with van der Waals surface area (Å²) in [6, 6.07) is 7.68. The van der Waals surface area contributed by atoms with Crippen molar-refractivity contribution in [2.24, 2.45) is 11.8 Å². The van der Waals surface area contributed by atoms with Gasteiger partial charge in [0.05, 0.1) is 6.42 Å². The third-order valence-corrected chi connectivity index (χ3v) is 4.48. The normalized spacial score (nSPS) is 22.1. The Labute approximate surface area is 126 Å². The van der Waals surface area contributed by atoms with Crippen LogP contribution in [-0.2, 0) is 17.8 Å². The first-order valence-electron chi connectivity index (χ1n) is 7.81. The number of nitrogens with one attached hydrogen (secondary N) is 1. The Morgan fingerprint density at radius 3 is 2.48 bits per heavy atom. The summed E-state index contributed by atoms with van der Waals surface area (Å²) in [4.78, 5) is 10.9. The van der Waals surface area contributed by atoms with E-state index in [1.165, 1.54) is 19.3 Å². The number of rotatable bonds is 7. The van der Waals surface area contributed by atoms with Crippen molar-refractivity contribution in [2.45, 2.75) is 38.6 Å². The summed E-state index contributed by atoms with van der Waals surface area (Å²) < 4.78 is 0. The summed E-state index contributed by atoms with van der Waals surface area (Å²) >= 11 is 0. The second kappa shape index (κ2) is 8.15. The van der Waals surface area contributed by atoms with E-state index in [-0.39, 0.29) is 13.0 Å². The van der Waals surface area contributed by atoms with Crippen LogP contribution in [0.4, 0.5) is 0 Å². The van der Waals surface area contributed by atoms with E-state index in [9.17, 15) is 9.90 Å². The number of hydrogen-bond acceptors (Lipinski definition) is 3. The average Bonchev–Trinajstić information content (AvgIpc) is 2.49. The molecule has 1 aliphatic carbocycles. The number of benzene rings is 1. The highest BCUT2D eigenvalue weighted by atomic mass is 16.4. The topological polar surface area (TPSA) is 69.6 Å². The highest BCUT2D eigenvalue weighted by Gasteiger charge is 2.23. The van der Waals surface area contributed by atoms with Crippen LogP contribution >= 0.6 is 0 Å². The van der Waals surface area contributed by atoms with Crippen molar-refractivity contribution in [2.75, 3.05) is 13.2 Å². The molecule has 0 aromatic heterocycles. The van der Waals surface area contributed by atoms with Crippen LogP contribution < -0.4 is 5.32 Å². The lowest BCUT2D eigenvalue weighted by molar-refractivity contribution is -0.136. The number of aliphatic hydroxyl groups excluding tert-OH is 1. The van der Waals surface area contributed by atoms with E-state index in [0.717, 1.165) is 24.1 Å². The summed E-state index contributed by atoms with van der Waals surface area (Å²) in [5.41, 5.74) is 1.93. The summed E-state index contributed by atoms with van der Waals surface area (Å²) in [7, 11) is 0. The van der Waals surface area contributed by atoms with Crippen molar-refractivity contribution >= 4 is 5.97 Å². The van der Waals surface area contributed by atoms with Crippen LogP contribution in [0.25, 0.3) is 0 Å². The third kappa shape index (κ3) is 4.83. The van der Waals surface area contributed by atoms with E-state index in [4.69, 9.17) is 5.11 Å². The van der Waals surface area contributed by atoms with Crippen molar-refractivity contribution in [3.05, 3.63) is 35.4 Å².